The van der Waals surface area contributed by atoms with E-state index in [1.807, 2.05) is 0 Å². The summed E-state index contributed by atoms with van der Waals surface area (Å²) < 4.78 is 42.4. The number of carbonyl (C=O) groups is 1. The van der Waals surface area contributed by atoms with Gasteiger partial charge >= 0.3 is 6.18 Å². The number of halogens is 4. The van der Waals surface area contributed by atoms with Crippen LogP contribution in [0.1, 0.15) is 16.8 Å². The summed E-state index contributed by atoms with van der Waals surface area (Å²) in [7, 11) is 0. The van der Waals surface area contributed by atoms with Crippen molar-refractivity contribution in [3.8, 4) is 0 Å². The average Bonchev–Trinajstić information content (AvgIpc) is 2.96. The van der Waals surface area contributed by atoms with Gasteiger partial charge in [0.1, 0.15) is 12.0 Å². The van der Waals surface area contributed by atoms with E-state index in [1.54, 1.807) is 6.07 Å². The second kappa shape index (κ2) is 6.65. The highest BCUT2D eigenvalue weighted by molar-refractivity contribution is 6.32. The number of amides is 1. The van der Waals surface area contributed by atoms with Crippen molar-refractivity contribution in [2.75, 3.05) is 0 Å². The van der Waals surface area contributed by atoms with Crippen molar-refractivity contribution < 1.29 is 22.5 Å². The van der Waals surface area contributed by atoms with E-state index in [2.05, 4.69) is 15.0 Å². The first-order valence-corrected chi connectivity index (χ1v) is 6.46. The van der Waals surface area contributed by atoms with E-state index in [4.69, 9.17) is 11.6 Å². The van der Waals surface area contributed by atoms with Gasteiger partial charge in [-0.1, -0.05) is 16.8 Å². The first-order valence-electron chi connectivity index (χ1n) is 6.08. The van der Waals surface area contributed by atoms with Crippen molar-refractivity contribution in [2.45, 2.75) is 12.7 Å². The molecule has 2 aromatic rings. The molecule has 22 heavy (non-hydrogen) atoms. The zero-order chi connectivity index (χ0) is 16.2. The Morgan fingerprint density at radius 1 is 1.36 bits per heavy atom. The summed E-state index contributed by atoms with van der Waals surface area (Å²) in [4.78, 5) is 11.6. The molecule has 0 aliphatic carbocycles. The molecule has 0 aliphatic rings. The van der Waals surface area contributed by atoms with Crippen LogP contribution in [0.25, 0.3) is 6.08 Å². The van der Waals surface area contributed by atoms with E-state index in [1.165, 1.54) is 12.3 Å². The summed E-state index contributed by atoms with van der Waals surface area (Å²) in [6.07, 6.45) is -0.792. The molecule has 1 heterocycles. The number of nitrogens with one attached hydrogen (secondary N) is 1. The maximum absolute atomic E-state index is 12.6. The number of rotatable bonds is 4. The molecule has 0 spiro atoms. The second-order valence-corrected chi connectivity index (χ2v) is 4.68. The SMILES string of the molecule is O=C(/C=C/c1cc(C(F)(F)F)ccc1Cl)NCc1ccon1. The van der Waals surface area contributed by atoms with Crippen LogP contribution < -0.4 is 5.32 Å². The van der Waals surface area contributed by atoms with E-state index in [0.717, 1.165) is 24.3 Å². The van der Waals surface area contributed by atoms with E-state index in [-0.39, 0.29) is 17.1 Å². The largest absolute Gasteiger partial charge is 0.416 e. The van der Waals surface area contributed by atoms with E-state index >= 15 is 0 Å². The lowest BCUT2D eigenvalue weighted by Crippen LogP contribution is -2.20. The standard InChI is InChI=1S/C14H10ClF3N2O2/c15-12-3-2-10(14(16,17)18)7-9(12)1-4-13(21)19-8-11-5-6-22-20-11/h1-7H,8H2,(H,19,21)/b4-1+. The Labute approximate surface area is 128 Å². The Kier molecular flexibility index (Phi) is 4.87. The van der Waals surface area contributed by atoms with Crippen LogP contribution in [-0.2, 0) is 17.5 Å². The van der Waals surface area contributed by atoms with Gasteiger partial charge in [0.25, 0.3) is 0 Å². The Balaban J connectivity index is 2.04. The van der Waals surface area contributed by atoms with Gasteiger partial charge in [-0.25, -0.2) is 0 Å². The maximum atomic E-state index is 12.6. The molecule has 1 N–H and O–H groups in total. The Morgan fingerprint density at radius 2 is 2.14 bits per heavy atom. The van der Waals surface area contributed by atoms with Gasteiger partial charge in [-0.2, -0.15) is 13.2 Å². The monoisotopic (exact) mass is 330 g/mol. The van der Waals surface area contributed by atoms with Crippen LogP contribution >= 0.6 is 11.6 Å². The van der Waals surface area contributed by atoms with Gasteiger partial charge in [-0.05, 0) is 29.8 Å². The number of carbonyl (C=O) groups excluding carboxylic acids is 1. The highest BCUT2D eigenvalue weighted by Crippen LogP contribution is 2.32. The molecule has 1 aromatic carbocycles. The fourth-order valence-corrected chi connectivity index (χ4v) is 1.76. The highest BCUT2D eigenvalue weighted by atomic mass is 35.5. The van der Waals surface area contributed by atoms with Crippen LogP contribution in [0.4, 0.5) is 13.2 Å². The molecule has 0 bridgehead atoms. The average molecular weight is 331 g/mol. The number of benzene rings is 1. The van der Waals surface area contributed by atoms with Crippen LogP contribution in [0.2, 0.25) is 5.02 Å². The van der Waals surface area contributed by atoms with Crippen molar-refractivity contribution in [2.24, 2.45) is 0 Å². The second-order valence-electron chi connectivity index (χ2n) is 4.28. The zero-order valence-corrected chi connectivity index (χ0v) is 11.8. The first-order chi connectivity index (χ1) is 10.4. The summed E-state index contributed by atoms with van der Waals surface area (Å²) in [6.45, 7) is 0.149. The minimum Gasteiger partial charge on any atom is -0.364 e. The molecule has 0 aliphatic heterocycles. The summed E-state index contributed by atoms with van der Waals surface area (Å²) in [5.41, 5.74) is -0.202. The summed E-state index contributed by atoms with van der Waals surface area (Å²) in [5, 5.41) is 6.22. The molecule has 2 rings (SSSR count). The normalized spacial score (nSPS) is 11.8. The van der Waals surface area contributed by atoms with Crippen molar-refractivity contribution in [3.05, 3.63) is 58.4 Å². The van der Waals surface area contributed by atoms with Crippen LogP contribution in [0.15, 0.2) is 41.1 Å². The van der Waals surface area contributed by atoms with Crippen LogP contribution in [0.5, 0.6) is 0 Å². The lowest BCUT2D eigenvalue weighted by Gasteiger charge is -2.08. The first kappa shape index (κ1) is 16.1. The summed E-state index contributed by atoms with van der Waals surface area (Å²) in [5.74, 6) is -0.489. The van der Waals surface area contributed by atoms with Gasteiger partial charge in [-0.3, -0.25) is 4.79 Å². The molecule has 0 saturated carbocycles. The van der Waals surface area contributed by atoms with E-state index in [0.29, 0.717) is 5.69 Å². The quantitative estimate of drug-likeness (QED) is 0.870. The molecule has 1 aromatic heterocycles. The van der Waals surface area contributed by atoms with E-state index < -0.39 is 17.6 Å². The summed E-state index contributed by atoms with van der Waals surface area (Å²) >= 11 is 5.82. The minimum absolute atomic E-state index is 0.105. The van der Waals surface area contributed by atoms with Crippen molar-refractivity contribution in [1.29, 1.82) is 0 Å². The third-order valence-electron chi connectivity index (χ3n) is 2.67. The maximum Gasteiger partial charge on any atom is 0.416 e. The molecule has 0 unspecified atom stereocenters. The van der Waals surface area contributed by atoms with Crippen molar-refractivity contribution in [1.82, 2.24) is 10.5 Å². The minimum atomic E-state index is -4.47. The molecular weight excluding hydrogens is 321 g/mol. The van der Waals surface area contributed by atoms with Gasteiger partial charge < -0.3 is 9.84 Å². The Hall–Kier alpha value is -2.28. The van der Waals surface area contributed by atoms with Gasteiger partial charge in [0.05, 0.1) is 12.1 Å². The highest BCUT2D eigenvalue weighted by Gasteiger charge is 2.30. The van der Waals surface area contributed by atoms with E-state index in [9.17, 15) is 18.0 Å². The number of aromatic nitrogens is 1. The predicted octanol–water partition coefficient (Wildman–Crippen LogP) is 3.68. The molecule has 116 valence electrons. The third-order valence-corrected chi connectivity index (χ3v) is 3.02. The van der Waals surface area contributed by atoms with Crippen molar-refractivity contribution in [3.63, 3.8) is 0 Å². The molecule has 0 fully saturated rings. The number of hydrogen-bond donors (Lipinski definition) is 1. The molecule has 4 nitrogen and oxygen atoms in total. The number of hydrogen-bond acceptors (Lipinski definition) is 3. The lowest BCUT2D eigenvalue weighted by molar-refractivity contribution is -0.137. The third kappa shape index (κ3) is 4.36. The fraction of sp³-hybridized carbons (Fsp3) is 0.143. The fourth-order valence-electron chi connectivity index (χ4n) is 1.58. The molecule has 0 saturated heterocycles. The van der Waals surface area contributed by atoms with Crippen molar-refractivity contribution >= 4 is 23.6 Å². The summed E-state index contributed by atoms with van der Waals surface area (Å²) in [6, 6.07) is 4.47. The van der Waals surface area contributed by atoms with Gasteiger partial charge in [0.2, 0.25) is 5.91 Å². The number of alkyl halides is 3. The van der Waals surface area contributed by atoms with Gasteiger partial charge in [-0.15, -0.1) is 0 Å². The van der Waals surface area contributed by atoms with Crippen LogP contribution in [0.3, 0.4) is 0 Å². The smallest absolute Gasteiger partial charge is 0.364 e. The molecule has 0 radical (unpaired) electrons. The Bertz CT molecular complexity index is 682. The number of nitrogens with zero attached hydrogens (tertiary/aromatic N) is 1. The van der Waals surface area contributed by atoms with Crippen LogP contribution in [0, 0.1) is 0 Å². The molecule has 1 amide bonds. The topological polar surface area (TPSA) is 55.1 Å². The van der Waals surface area contributed by atoms with Gasteiger partial charge in [0, 0.05) is 17.2 Å². The Morgan fingerprint density at radius 3 is 2.77 bits per heavy atom. The zero-order valence-electron chi connectivity index (χ0n) is 11.0. The molecular formula is C14H10ClF3N2O2. The van der Waals surface area contributed by atoms with Crippen LogP contribution in [-0.4, -0.2) is 11.1 Å². The van der Waals surface area contributed by atoms with Gasteiger partial charge in [0.15, 0.2) is 0 Å². The predicted molar refractivity (Wildman–Crippen MR) is 73.8 cm³/mol. The molecule has 0 atom stereocenters. The lowest BCUT2D eigenvalue weighted by atomic mass is 10.1. The molecule has 8 heteroatoms.